The third kappa shape index (κ3) is 2.61. The van der Waals surface area contributed by atoms with Crippen molar-refractivity contribution in [3.05, 3.63) is 53.2 Å². The van der Waals surface area contributed by atoms with E-state index in [2.05, 4.69) is 0 Å². The summed E-state index contributed by atoms with van der Waals surface area (Å²) in [4.78, 5) is 12.6. The number of anilines is 1. The van der Waals surface area contributed by atoms with E-state index in [0.717, 1.165) is 22.5 Å². The number of esters is 1. The molecule has 0 spiro atoms. The minimum absolute atomic E-state index is 0.305. The lowest BCUT2D eigenvalue weighted by Gasteiger charge is -2.12. The molecule has 2 aromatic carbocycles. The summed E-state index contributed by atoms with van der Waals surface area (Å²) in [6.07, 6.45) is 0. The zero-order valence-corrected chi connectivity index (χ0v) is 14.9. The van der Waals surface area contributed by atoms with E-state index in [1.54, 1.807) is 14.0 Å². The van der Waals surface area contributed by atoms with Crippen molar-refractivity contribution in [2.45, 2.75) is 20.8 Å². The molecular formula is C20H22N2O3. The van der Waals surface area contributed by atoms with Gasteiger partial charge in [-0.2, -0.15) is 0 Å². The maximum atomic E-state index is 12.6. The van der Waals surface area contributed by atoms with Crippen molar-refractivity contribution in [3.63, 3.8) is 0 Å². The second kappa shape index (κ2) is 6.51. The normalized spacial score (nSPS) is 10.9. The zero-order valence-electron chi connectivity index (χ0n) is 14.9. The number of ether oxygens (including phenoxy) is 2. The number of aromatic nitrogens is 1. The quantitative estimate of drug-likeness (QED) is 0.576. The molecule has 5 nitrogen and oxygen atoms in total. The van der Waals surface area contributed by atoms with Crippen LogP contribution in [0.4, 0.5) is 5.69 Å². The molecule has 1 aromatic heterocycles. The van der Waals surface area contributed by atoms with Gasteiger partial charge in [-0.1, -0.05) is 18.2 Å². The Hall–Kier alpha value is -2.95. The van der Waals surface area contributed by atoms with Crippen LogP contribution >= 0.6 is 0 Å². The Kier molecular flexibility index (Phi) is 4.40. The lowest BCUT2D eigenvalue weighted by molar-refractivity contribution is 0.0527. The fourth-order valence-electron chi connectivity index (χ4n) is 3.35. The Morgan fingerprint density at radius 1 is 1.20 bits per heavy atom. The summed E-state index contributed by atoms with van der Waals surface area (Å²) >= 11 is 0. The minimum atomic E-state index is -0.378. The lowest BCUT2D eigenvalue weighted by atomic mass is 10.1. The van der Waals surface area contributed by atoms with Gasteiger partial charge in [0, 0.05) is 16.8 Å². The molecule has 0 bridgehead atoms. The van der Waals surface area contributed by atoms with Crippen molar-refractivity contribution in [3.8, 4) is 11.4 Å². The molecule has 3 rings (SSSR count). The minimum Gasteiger partial charge on any atom is -0.494 e. The van der Waals surface area contributed by atoms with Crippen LogP contribution in [-0.2, 0) is 4.74 Å². The van der Waals surface area contributed by atoms with Gasteiger partial charge in [0.1, 0.15) is 5.75 Å². The summed E-state index contributed by atoms with van der Waals surface area (Å²) in [6, 6.07) is 11.9. The van der Waals surface area contributed by atoms with Gasteiger partial charge in [-0.25, -0.2) is 4.79 Å². The number of benzene rings is 2. The Morgan fingerprint density at radius 3 is 2.48 bits per heavy atom. The highest BCUT2D eigenvalue weighted by Crippen LogP contribution is 2.40. The van der Waals surface area contributed by atoms with E-state index < -0.39 is 0 Å². The van der Waals surface area contributed by atoms with Gasteiger partial charge in [-0.15, -0.1) is 0 Å². The van der Waals surface area contributed by atoms with Crippen LogP contribution in [0.15, 0.2) is 36.4 Å². The van der Waals surface area contributed by atoms with E-state index in [1.807, 2.05) is 54.8 Å². The molecule has 0 saturated carbocycles. The average molecular weight is 338 g/mol. The van der Waals surface area contributed by atoms with Gasteiger partial charge in [-0.3, -0.25) is 0 Å². The van der Waals surface area contributed by atoms with E-state index in [1.165, 1.54) is 0 Å². The highest BCUT2D eigenvalue weighted by molar-refractivity contribution is 6.12. The highest BCUT2D eigenvalue weighted by atomic mass is 16.5. The van der Waals surface area contributed by atoms with Crippen LogP contribution in [0, 0.1) is 13.8 Å². The van der Waals surface area contributed by atoms with Gasteiger partial charge in [0.2, 0.25) is 0 Å². The molecule has 0 amide bonds. The molecular weight excluding hydrogens is 316 g/mol. The first-order valence-corrected chi connectivity index (χ1v) is 8.21. The van der Waals surface area contributed by atoms with Crippen LogP contribution in [0.25, 0.3) is 16.6 Å². The first kappa shape index (κ1) is 16.9. The van der Waals surface area contributed by atoms with Crippen molar-refractivity contribution in [2.24, 2.45) is 0 Å². The molecule has 1 heterocycles. The Balaban J connectivity index is 2.45. The van der Waals surface area contributed by atoms with E-state index >= 15 is 0 Å². The molecule has 5 heteroatoms. The number of nitrogens with two attached hydrogens (primary N) is 1. The van der Waals surface area contributed by atoms with Gasteiger partial charge >= 0.3 is 5.97 Å². The van der Waals surface area contributed by atoms with Crippen LogP contribution in [-0.4, -0.2) is 24.3 Å². The smallest absolute Gasteiger partial charge is 0.340 e. The van der Waals surface area contributed by atoms with Crippen LogP contribution in [0.3, 0.4) is 0 Å². The predicted octanol–water partition coefficient (Wildman–Crippen LogP) is 4.01. The number of para-hydroxylation sites is 1. The summed E-state index contributed by atoms with van der Waals surface area (Å²) in [6.45, 7) is 5.94. The van der Waals surface area contributed by atoms with Crippen LogP contribution < -0.4 is 10.5 Å². The fraction of sp³-hybridized carbons (Fsp3) is 0.250. The Morgan fingerprint density at radius 2 is 1.88 bits per heavy atom. The molecule has 130 valence electrons. The van der Waals surface area contributed by atoms with E-state index in [9.17, 15) is 4.79 Å². The molecule has 0 aliphatic carbocycles. The first-order valence-electron chi connectivity index (χ1n) is 8.21. The summed E-state index contributed by atoms with van der Waals surface area (Å²) in [7, 11) is 1.58. The van der Waals surface area contributed by atoms with Gasteiger partial charge < -0.3 is 19.8 Å². The van der Waals surface area contributed by atoms with Gasteiger partial charge in [-0.05, 0) is 44.5 Å². The molecule has 25 heavy (non-hydrogen) atoms. The standard InChI is InChI=1S/C20H22N2O3/c1-5-25-20(23)16-13(3)22(14-9-7-6-8-10-14)15-11-12(2)19(24-4)18(21)17(15)16/h6-11H,5,21H2,1-4H3. The van der Waals surface area contributed by atoms with Crippen LogP contribution in [0.5, 0.6) is 5.75 Å². The number of methoxy groups -OCH3 is 1. The Labute approximate surface area is 147 Å². The van der Waals surface area contributed by atoms with Crippen molar-refractivity contribution in [1.29, 1.82) is 0 Å². The summed E-state index contributed by atoms with van der Waals surface area (Å²) in [5, 5.41) is 0.669. The zero-order chi connectivity index (χ0) is 18.1. The molecule has 0 atom stereocenters. The molecule has 0 aliphatic rings. The van der Waals surface area contributed by atoms with Gasteiger partial charge in [0.05, 0.1) is 30.5 Å². The number of rotatable bonds is 4. The molecule has 0 saturated heterocycles. The van der Waals surface area contributed by atoms with Crippen molar-refractivity contribution < 1.29 is 14.3 Å². The lowest BCUT2D eigenvalue weighted by Crippen LogP contribution is -2.07. The van der Waals surface area contributed by atoms with E-state index in [-0.39, 0.29) is 5.97 Å². The summed E-state index contributed by atoms with van der Waals surface area (Å²) < 4.78 is 12.8. The maximum Gasteiger partial charge on any atom is 0.340 e. The van der Waals surface area contributed by atoms with Crippen LogP contribution in [0.1, 0.15) is 28.5 Å². The molecule has 0 unspecified atom stereocenters. The van der Waals surface area contributed by atoms with E-state index in [0.29, 0.717) is 29.0 Å². The molecule has 0 aliphatic heterocycles. The summed E-state index contributed by atoms with van der Waals surface area (Å²) in [5.74, 6) is 0.209. The van der Waals surface area contributed by atoms with Crippen molar-refractivity contribution in [1.82, 2.24) is 4.57 Å². The van der Waals surface area contributed by atoms with Crippen molar-refractivity contribution in [2.75, 3.05) is 19.5 Å². The molecule has 3 aromatic rings. The van der Waals surface area contributed by atoms with Crippen LogP contribution in [0.2, 0.25) is 0 Å². The molecule has 2 N–H and O–H groups in total. The number of aryl methyl sites for hydroxylation is 1. The number of carbonyl (C=O) groups is 1. The number of carbonyl (C=O) groups excluding carboxylic acids is 1. The van der Waals surface area contributed by atoms with E-state index in [4.69, 9.17) is 15.2 Å². The number of hydrogen-bond donors (Lipinski definition) is 1. The number of nitrogens with zero attached hydrogens (tertiary/aromatic N) is 1. The first-order chi connectivity index (χ1) is 12.0. The summed E-state index contributed by atoms with van der Waals surface area (Å²) in [5.41, 5.74) is 10.9. The second-order valence-corrected chi connectivity index (χ2v) is 5.89. The third-order valence-corrected chi connectivity index (χ3v) is 4.37. The SMILES string of the molecule is CCOC(=O)c1c(C)n(-c2ccccc2)c2cc(C)c(OC)c(N)c12. The highest BCUT2D eigenvalue weighted by Gasteiger charge is 2.26. The van der Waals surface area contributed by atoms with Crippen molar-refractivity contribution >= 4 is 22.6 Å². The largest absolute Gasteiger partial charge is 0.494 e. The molecule has 0 fully saturated rings. The Bertz CT molecular complexity index is 943. The second-order valence-electron chi connectivity index (χ2n) is 5.89. The maximum absolute atomic E-state index is 12.6. The molecule has 0 radical (unpaired) electrons. The van der Waals surface area contributed by atoms with Gasteiger partial charge in [0.25, 0.3) is 0 Å². The topological polar surface area (TPSA) is 66.5 Å². The number of nitrogen functional groups attached to an aromatic ring is 1. The average Bonchev–Trinajstić information content (AvgIpc) is 2.88. The predicted molar refractivity (Wildman–Crippen MR) is 99.7 cm³/mol. The third-order valence-electron chi connectivity index (χ3n) is 4.37. The number of hydrogen-bond acceptors (Lipinski definition) is 4. The monoisotopic (exact) mass is 338 g/mol. The fourth-order valence-corrected chi connectivity index (χ4v) is 3.35. The van der Waals surface area contributed by atoms with Gasteiger partial charge in [0.15, 0.2) is 0 Å². The number of fused-ring (bicyclic) bond motifs is 1.